The first-order chi connectivity index (χ1) is 17.4. The predicted molar refractivity (Wildman–Crippen MR) is 127 cm³/mol. The van der Waals surface area contributed by atoms with Crippen molar-refractivity contribution in [3.63, 3.8) is 0 Å². The van der Waals surface area contributed by atoms with Gasteiger partial charge >= 0.3 is 12.1 Å². The lowest BCUT2D eigenvalue weighted by Gasteiger charge is -2.38. The topological polar surface area (TPSA) is 118 Å². The van der Waals surface area contributed by atoms with E-state index < -0.39 is 24.0 Å². The highest BCUT2D eigenvalue weighted by Gasteiger charge is 2.44. The Bertz CT molecular complexity index is 1110. The molecule has 13 heteroatoms. The number of para-hydroxylation sites is 2. The van der Waals surface area contributed by atoms with Gasteiger partial charge in [0.05, 0.1) is 5.69 Å². The van der Waals surface area contributed by atoms with E-state index in [1.807, 2.05) is 18.2 Å². The van der Waals surface area contributed by atoms with E-state index in [1.54, 1.807) is 24.3 Å². The van der Waals surface area contributed by atoms with Gasteiger partial charge in [-0.3, -0.25) is 4.79 Å². The Morgan fingerprint density at radius 3 is 2.41 bits per heavy atom. The van der Waals surface area contributed by atoms with Crippen LogP contribution < -0.4 is 19.5 Å². The molecule has 0 radical (unpaired) electrons. The number of carboxylic acids is 1. The first-order valence-corrected chi connectivity index (χ1v) is 11.6. The molecule has 1 fully saturated rings. The van der Waals surface area contributed by atoms with Crippen LogP contribution >= 0.6 is 11.6 Å². The molecule has 2 aliphatic rings. The molecular weight excluding hydrogens is 521 g/mol. The van der Waals surface area contributed by atoms with Crippen molar-refractivity contribution in [2.45, 2.75) is 37.8 Å². The highest BCUT2D eigenvalue weighted by atomic mass is 35.5. The van der Waals surface area contributed by atoms with E-state index in [-0.39, 0.29) is 12.5 Å². The van der Waals surface area contributed by atoms with Gasteiger partial charge in [0.25, 0.3) is 5.79 Å². The predicted octanol–water partition coefficient (Wildman–Crippen LogP) is 3.93. The van der Waals surface area contributed by atoms with Crippen molar-refractivity contribution in [3.05, 3.63) is 47.5 Å². The van der Waals surface area contributed by atoms with Gasteiger partial charge in [-0.25, -0.2) is 4.79 Å². The molecule has 0 bridgehead atoms. The fourth-order valence-corrected chi connectivity index (χ4v) is 3.93. The molecule has 2 aliphatic heterocycles. The van der Waals surface area contributed by atoms with Gasteiger partial charge in [0.15, 0.2) is 11.5 Å². The number of ether oxygens (including phenoxy) is 3. The number of hydrogen-bond acceptors (Lipinski definition) is 7. The number of carbonyl (C=O) groups excluding carboxylic acids is 1. The molecule has 0 unspecified atom stereocenters. The molecule has 1 spiro atoms. The summed E-state index contributed by atoms with van der Waals surface area (Å²) in [6.45, 7) is 3.54. The largest absolute Gasteiger partial charge is 0.490 e. The zero-order valence-corrected chi connectivity index (χ0v) is 20.5. The maximum absolute atomic E-state index is 11.3. The molecular formula is C24H26ClF3N2O7. The van der Waals surface area contributed by atoms with Crippen LogP contribution in [-0.2, 0) is 9.59 Å². The van der Waals surface area contributed by atoms with Crippen LogP contribution in [0.15, 0.2) is 42.5 Å². The van der Waals surface area contributed by atoms with Crippen LogP contribution in [-0.4, -0.2) is 71.3 Å². The van der Waals surface area contributed by atoms with Gasteiger partial charge in [-0.1, -0.05) is 23.7 Å². The molecule has 3 N–H and O–H groups in total. The number of amides is 1. The fourth-order valence-electron chi connectivity index (χ4n) is 3.77. The van der Waals surface area contributed by atoms with Crippen LogP contribution in [0.1, 0.15) is 19.8 Å². The highest BCUT2D eigenvalue weighted by Crippen LogP contribution is 2.44. The number of β-amino-alcohol motifs (C(OH)–C–C–N with tert-alkyl or cyclic N) is 1. The number of aliphatic hydroxyl groups is 1. The lowest BCUT2D eigenvalue weighted by molar-refractivity contribution is -0.192. The van der Waals surface area contributed by atoms with Crippen LogP contribution in [0.3, 0.4) is 0 Å². The van der Waals surface area contributed by atoms with E-state index >= 15 is 0 Å². The Morgan fingerprint density at radius 1 is 1.16 bits per heavy atom. The number of hydrogen-bond donors (Lipinski definition) is 3. The summed E-state index contributed by atoms with van der Waals surface area (Å²) in [4.78, 5) is 22.4. The van der Waals surface area contributed by atoms with Crippen molar-refractivity contribution in [3.8, 4) is 17.2 Å². The van der Waals surface area contributed by atoms with E-state index in [2.05, 4.69) is 10.2 Å². The average Bonchev–Trinajstić information content (AvgIpc) is 3.16. The minimum absolute atomic E-state index is 0.134. The van der Waals surface area contributed by atoms with Gasteiger partial charge < -0.3 is 34.6 Å². The Kier molecular flexibility index (Phi) is 9.11. The number of piperidine rings is 1. The minimum atomic E-state index is -5.08. The number of halogens is 4. The van der Waals surface area contributed by atoms with Crippen LogP contribution in [0.2, 0.25) is 5.02 Å². The number of nitrogens with zero attached hydrogens (tertiary/aromatic N) is 1. The number of carbonyl (C=O) groups is 2. The summed E-state index contributed by atoms with van der Waals surface area (Å²) < 4.78 is 49.6. The molecule has 1 saturated heterocycles. The number of anilines is 1. The van der Waals surface area contributed by atoms with E-state index in [0.717, 1.165) is 18.8 Å². The number of likely N-dealkylation sites (tertiary alicyclic amines) is 1. The van der Waals surface area contributed by atoms with Crippen molar-refractivity contribution < 1.29 is 47.2 Å². The molecule has 9 nitrogen and oxygen atoms in total. The van der Waals surface area contributed by atoms with E-state index in [1.165, 1.54) is 6.92 Å². The minimum Gasteiger partial charge on any atom is -0.489 e. The maximum Gasteiger partial charge on any atom is 0.490 e. The Morgan fingerprint density at radius 2 is 1.78 bits per heavy atom. The number of benzene rings is 2. The summed E-state index contributed by atoms with van der Waals surface area (Å²) in [7, 11) is 0. The van der Waals surface area contributed by atoms with Crippen molar-refractivity contribution in [2.24, 2.45) is 0 Å². The molecule has 0 saturated carbocycles. The van der Waals surface area contributed by atoms with Crippen LogP contribution in [0, 0.1) is 0 Å². The SMILES string of the molecule is CC(=O)Nc1ccccc1OC[C@H](O)CN1CCC2(CC1)Oc1ccc(Cl)cc1O2.O=C(O)C(F)(F)F. The Balaban J connectivity index is 0.000000479. The molecule has 202 valence electrons. The standard InChI is InChI=1S/C22H25ClN2O5.C2HF3O2/c1-15(26)24-18-4-2-3-5-19(18)28-14-17(27)13-25-10-8-22(9-11-25)29-20-7-6-16(23)12-21(20)30-22;3-2(4,5)1(6)7/h2-7,12,17,27H,8-11,13-14H2,1H3,(H,24,26);(H,6,7)/t17-;/m1./s1. The van der Waals surface area contributed by atoms with Crippen LogP contribution in [0.4, 0.5) is 18.9 Å². The molecule has 0 aromatic heterocycles. The van der Waals surface area contributed by atoms with Crippen LogP contribution in [0.5, 0.6) is 17.2 Å². The number of nitrogens with one attached hydrogen (secondary N) is 1. The zero-order chi connectivity index (χ0) is 27.2. The van der Waals surface area contributed by atoms with Crippen LogP contribution in [0.25, 0.3) is 0 Å². The number of fused-ring (bicyclic) bond motifs is 1. The molecule has 37 heavy (non-hydrogen) atoms. The second kappa shape index (κ2) is 11.9. The second-order valence-electron chi connectivity index (χ2n) is 8.45. The van der Waals surface area contributed by atoms with Crippen molar-refractivity contribution in [1.29, 1.82) is 0 Å². The van der Waals surface area contributed by atoms with Gasteiger partial charge in [-0.2, -0.15) is 13.2 Å². The molecule has 2 aromatic rings. The van der Waals surface area contributed by atoms with E-state index in [9.17, 15) is 23.1 Å². The highest BCUT2D eigenvalue weighted by molar-refractivity contribution is 6.30. The third-order valence-corrected chi connectivity index (χ3v) is 5.69. The molecule has 1 amide bonds. The fraction of sp³-hybridized carbons (Fsp3) is 0.417. The van der Waals surface area contributed by atoms with Crippen molar-refractivity contribution >= 4 is 29.2 Å². The summed E-state index contributed by atoms with van der Waals surface area (Å²) in [6, 6.07) is 12.6. The third kappa shape index (κ3) is 8.14. The van der Waals surface area contributed by atoms with Crippen molar-refractivity contribution in [1.82, 2.24) is 4.90 Å². The lowest BCUT2D eigenvalue weighted by Crippen LogP contribution is -2.51. The first-order valence-electron chi connectivity index (χ1n) is 11.2. The smallest absolute Gasteiger partial charge is 0.489 e. The van der Waals surface area contributed by atoms with Gasteiger partial charge in [0, 0.05) is 50.5 Å². The molecule has 1 atom stereocenters. The summed E-state index contributed by atoms with van der Waals surface area (Å²) in [5.41, 5.74) is 0.590. The van der Waals surface area contributed by atoms with Gasteiger partial charge in [-0.05, 0) is 24.3 Å². The number of alkyl halides is 3. The second-order valence-corrected chi connectivity index (χ2v) is 8.89. The number of rotatable bonds is 6. The van der Waals surface area contributed by atoms with Crippen molar-refractivity contribution in [2.75, 3.05) is 31.6 Å². The molecule has 2 heterocycles. The Hall–Kier alpha value is -3.22. The summed E-state index contributed by atoms with van der Waals surface area (Å²) in [5.74, 6) is -1.64. The van der Waals surface area contributed by atoms with Gasteiger partial charge in [0.1, 0.15) is 18.5 Å². The number of carboxylic acid groups (broad SMARTS) is 1. The Labute approximate surface area is 215 Å². The summed E-state index contributed by atoms with van der Waals surface area (Å²) in [6.07, 6.45) is -4.36. The van der Waals surface area contributed by atoms with E-state index in [0.29, 0.717) is 41.6 Å². The van der Waals surface area contributed by atoms with Gasteiger partial charge in [-0.15, -0.1) is 0 Å². The zero-order valence-electron chi connectivity index (χ0n) is 19.8. The normalized spacial score (nSPS) is 16.9. The van der Waals surface area contributed by atoms with Gasteiger partial charge in [0.2, 0.25) is 5.91 Å². The molecule has 4 rings (SSSR count). The summed E-state index contributed by atoms with van der Waals surface area (Å²) in [5, 5.41) is 20.9. The average molecular weight is 547 g/mol. The maximum atomic E-state index is 11.3. The number of aliphatic carboxylic acids is 1. The monoisotopic (exact) mass is 546 g/mol. The van der Waals surface area contributed by atoms with E-state index in [4.69, 9.17) is 35.7 Å². The lowest BCUT2D eigenvalue weighted by atomic mass is 10.0. The number of aliphatic hydroxyl groups excluding tert-OH is 1. The summed E-state index contributed by atoms with van der Waals surface area (Å²) >= 11 is 6.04. The molecule has 2 aromatic carbocycles. The quantitative estimate of drug-likeness (QED) is 0.499. The third-order valence-electron chi connectivity index (χ3n) is 5.46. The first kappa shape index (κ1) is 28.4. The molecule has 0 aliphatic carbocycles.